The first kappa shape index (κ1) is 9.86. The highest BCUT2D eigenvalue weighted by atomic mass is 32.1. The van der Waals surface area contributed by atoms with E-state index in [0.29, 0.717) is 19.8 Å². The Balaban J connectivity index is 2.66. The van der Waals surface area contributed by atoms with E-state index in [0.717, 1.165) is 0 Å². The third kappa shape index (κ3) is 1.93. The largest absolute Gasteiger partial charge is 0.377 e. The maximum absolute atomic E-state index is 11.4. The molecule has 0 unspecified atom stereocenters. The van der Waals surface area contributed by atoms with Gasteiger partial charge in [-0.15, -0.1) is 0 Å². The number of rotatable bonds is 1. The smallest absolute Gasteiger partial charge is 0.232 e. The Morgan fingerprint density at radius 2 is 2.33 bits per heavy atom. The molecule has 1 amide bonds. The molecular weight excluding hydrogens is 174 g/mol. The van der Waals surface area contributed by atoms with E-state index < -0.39 is 0 Å². The van der Waals surface area contributed by atoms with Crippen molar-refractivity contribution in [1.29, 1.82) is 0 Å². The predicted octanol–water partition coefficient (Wildman–Crippen LogP) is 0.554. The first-order valence-electron chi connectivity index (χ1n) is 4.07. The number of hydrogen-bond donors (Lipinski definition) is 1. The van der Waals surface area contributed by atoms with Gasteiger partial charge in [0.25, 0.3) is 0 Å². The standard InChI is InChI=1S/C8H15NO2S/c1-8(2)6-11-4-3-9(8)7(10)5-12/h12H,3-6H2,1-2H3. The number of nitrogens with zero attached hydrogens (tertiary/aromatic N) is 1. The van der Waals surface area contributed by atoms with Crippen LogP contribution in [0.15, 0.2) is 0 Å². The van der Waals surface area contributed by atoms with Gasteiger partial charge in [-0.2, -0.15) is 12.6 Å². The van der Waals surface area contributed by atoms with Crippen molar-refractivity contribution in [1.82, 2.24) is 4.90 Å². The molecule has 0 spiro atoms. The van der Waals surface area contributed by atoms with Gasteiger partial charge >= 0.3 is 0 Å². The first-order valence-corrected chi connectivity index (χ1v) is 4.70. The fraction of sp³-hybridized carbons (Fsp3) is 0.875. The van der Waals surface area contributed by atoms with E-state index in [2.05, 4.69) is 12.6 Å². The number of thiol groups is 1. The number of ether oxygens (including phenoxy) is 1. The van der Waals surface area contributed by atoms with Crippen molar-refractivity contribution in [3.63, 3.8) is 0 Å². The lowest BCUT2D eigenvalue weighted by atomic mass is 10.0. The Labute approximate surface area is 78.5 Å². The number of carbonyl (C=O) groups is 1. The summed E-state index contributed by atoms with van der Waals surface area (Å²) in [6, 6.07) is 0. The van der Waals surface area contributed by atoms with Gasteiger partial charge in [0.15, 0.2) is 0 Å². The van der Waals surface area contributed by atoms with Crippen molar-refractivity contribution in [2.75, 3.05) is 25.5 Å². The summed E-state index contributed by atoms with van der Waals surface area (Å²) in [5.41, 5.74) is -0.169. The SMILES string of the molecule is CC1(C)COCCN1C(=O)CS. The molecule has 0 saturated carbocycles. The van der Waals surface area contributed by atoms with Crippen LogP contribution >= 0.6 is 12.6 Å². The monoisotopic (exact) mass is 189 g/mol. The van der Waals surface area contributed by atoms with E-state index in [1.54, 1.807) is 0 Å². The van der Waals surface area contributed by atoms with Gasteiger partial charge in [0.1, 0.15) is 0 Å². The lowest BCUT2D eigenvalue weighted by Gasteiger charge is -2.41. The number of morpholine rings is 1. The summed E-state index contributed by atoms with van der Waals surface area (Å²) < 4.78 is 5.29. The van der Waals surface area contributed by atoms with Gasteiger partial charge < -0.3 is 9.64 Å². The molecule has 70 valence electrons. The van der Waals surface area contributed by atoms with Crippen LogP contribution in [-0.2, 0) is 9.53 Å². The fourth-order valence-electron chi connectivity index (χ4n) is 1.41. The molecule has 1 heterocycles. The second-order valence-corrected chi connectivity index (χ2v) is 3.88. The van der Waals surface area contributed by atoms with E-state index >= 15 is 0 Å². The van der Waals surface area contributed by atoms with Gasteiger partial charge in [-0.25, -0.2) is 0 Å². The van der Waals surface area contributed by atoms with Crippen LogP contribution in [0.2, 0.25) is 0 Å². The van der Waals surface area contributed by atoms with E-state index in [1.807, 2.05) is 18.7 Å². The van der Waals surface area contributed by atoms with Gasteiger partial charge in [0.05, 0.1) is 24.5 Å². The van der Waals surface area contributed by atoms with Gasteiger partial charge in [0, 0.05) is 6.54 Å². The third-order valence-electron chi connectivity index (χ3n) is 2.08. The zero-order chi connectivity index (χ0) is 9.19. The summed E-state index contributed by atoms with van der Waals surface area (Å²) in [6.45, 7) is 5.96. The Hall–Kier alpha value is -0.220. The second kappa shape index (κ2) is 3.66. The van der Waals surface area contributed by atoms with Crippen molar-refractivity contribution < 1.29 is 9.53 Å². The van der Waals surface area contributed by atoms with Crippen LogP contribution in [0.3, 0.4) is 0 Å². The molecule has 1 rings (SSSR count). The lowest BCUT2D eigenvalue weighted by Crippen LogP contribution is -2.55. The molecule has 0 aromatic carbocycles. The summed E-state index contributed by atoms with van der Waals surface area (Å²) in [6.07, 6.45) is 0. The number of hydrogen-bond acceptors (Lipinski definition) is 3. The maximum atomic E-state index is 11.4. The Morgan fingerprint density at radius 1 is 1.67 bits per heavy atom. The van der Waals surface area contributed by atoms with Crippen LogP contribution in [-0.4, -0.2) is 41.9 Å². The van der Waals surface area contributed by atoms with Crippen molar-refractivity contribution in [3.8, 4) is 0 Å². The van der Waals surface area contributed by atoms with Crippen LogP contribution in [0, 0.1) is 0 Å². The highest BCUT2D eigenvalue weighted by Crippen LogP contribution is 2.18. The van der Waals surface area contributed by atoms with E-state index in [1.165, 1.54) is 0 Å². The lowest BCUT2D eigenvalue weighted by molar-refractivity contribution is -0.143. The van der Waals surface area contributed by atoms with Gasteiger partial charge in [-0.05, 0) is 13.8 Å². The molecule has 0 bridgehead atoms. The second-order valence-electron chi connectivity index (χ2n) is 3.57. The van der Waals surface area contributed by atoms with E-state index in [4.69, 9.17) is 4.74 Å². The quantitative estimate of drug-likeness (QED) is 0.611. The first-order chi connectivity index (χ1) is 5.58. The molecule has 12 heavy (non-hydrogen) atoms. The summed E-state index contributed by atoms with van der Waals surface area (Å²) in [7, 11) is 0. The average Bonchev–Trinajstić information content (AvgIpc) is 2.02. The highest BCUT2D eigenvalue weighted by molar-refractivity contribution is 7.81. The minimum Gasteiger partial charge on any atom is -0.377 e. The molecule has 0 aromatic heterocycles. The fourth-order valence-corrected chi connectivity index (χ4v) is 1.58. The van der Waals surface area contributed by atoms with Gasteiger partial charge in [-0.3, -0.25) is 4.79 Å². The van der Waals surface area contributed by atoms with Crippen LogP contribution in [0.5, 0.6) is 0 Å². The predicted molar refractivity (Wildman–Crippen MR) is 50.5 cm³/mol. The van der Waals surface area contributed by atoms with Crippen LogP contribution in [0.25, 0.3) is 0 Å². The molecule has 0 radical (unpaired) electrons. The number of carbonyl (C=O) groups excluding carboxylic acids is 1. The Bertz CT molecular complexity index is 182. The third-order valence-corrected chi connectivity index (χ3v) is 2.35. The zero-order valence-corrected chi connectivity index (χ0v) is 8.43. The molecule has 0 aromatic rings. The normalized spacial score (nSPS) is 22.4. The number of amides is 1. The Morgan fingerprint density at radius 3 is 2.83 bits per heavy atom. The van der Waals surface area contributed by atoms with Crippen molar-refractivity contribution in [2.24, 2.45) is 0 Å². The summed E-state index contributed by atoms with van der Waals surface area (Å²) in [4.78, 5) is 13.2. The van der Waals surface area contributed by atoms with Crippen molar-refractivity contribution in [2.45, 2.75) is 19.4 Å². The van der Waals surface area contributed by atoms with Crippen molar-refractivity contribution in [3.05, 3.63) is 0 Å². The molecule has 3 nitrogen and oxygen atoms in total. The van der Waals surface area contributed by atoms with Gasteiger partial charge in [-0.1, -0.05) is 0 Å². The summed E-state index contributed by atoms with van der Waals surface area (Å²) >= 11 is 3.97. The topological polar surface area (TPSA) is 29.5 Å². The average molecular weight is 189 g/mol. The zero-order valence-electron chi connectivity index (χ0n) is 7.54. The molecule has 1 fully saturated rings. The molecule has 1 aliphatic heterocycles. The molecule has 1 saturated heterocycles. The molecule has 0 aliphatic carbocycles. The summed E-state index contributed by atoms with van der Waals surface area (Å²) in [5, 5.41) is 0. The van der Waals surface area contributed by atoms with Crippen LogP contribution in [0.4, 0.5) is 0 Å². The molecule has 1 aliphatic rings. The van der Waals surface area contributed by atoms with Gasteiger partial charge in [0.2, 0.25) is 5.91 Å². The molecular formula is C8H15NO2S. The van der Waals surface area contributed by atoms with E-state index in [-0.39, 0.29) is 17.2 Å². The highest BCUT2D eigenvalue weighted by Gasteiger charge is 2.33. The molecule has 4 heteroatoms. The minimum atomic E-state index is -0.169. The van der Waals surface area contributed by atoms with Crippen LogP contribution < -0.4 is 0 Å². The summed E-state index contributed by atoms with van der Waals surface area (Å²) in [5.74, 6) is 0.371. The molecule has 0 N–H and O–H groups in total. The van der Waals surface area contributed by atoms with E-state index in [9.17, 15) is 4.79 Å². The minimum absolute atomic E-state index is 0.0895. The van der Waals surface area contributed by atoms with Crippen molar-refractivity contribution >= 4 is 18.5 Å². The maximum Gasteiger partial charge on any atom is 0.232 e. The molecule has 0 atom stereocenters. The van der Waals surface area contributed by atoms with Crippen LogP contribution in [0.1, 0.15) is 13.8 Å². The Kier molecular flexibility index (Phi) is 3.01.